The molecule has 2 heteroatoms. The normalized spacial score (nSPS) is 28.2. The molecule has 0 aliphatic carbocycles. The smallest absolute Gasteiger partial charge is 0.119 e. The van der Waals surface area contributed by atoms with Crippen LogP contribution in [0.2, 0.25) is 0 Å². The van der Waals surface area contributed by atoms with E-state index >= 15 is 0 Å². The van der Waals surface area contributed by atoms with Crippen LogP contribution in [0, 0.1) is 0 Å². The highest BCUT2D eigenvalue weighted by Gasteiger charge is 2.33. The second-order valence-electron chi connectivity index (χ2n) is 5.43. The van der Waals surface area contributed by atoms with Crippen LogP contribution in [0.1, 0.15) is 26.2 Å². The van der Waals surface area contributed by atoms with Gasteiger partial charge in [0, 0.05) is 19.3 Å². The molecule has 1 fully saturated rings. The standard InChI is InChI=1S/C15H24NO/c1-14-8-6-11-16(14,2)12-7-13-17-15-9-4-3-5-10-15/h3-5,9-10,14H,6-8,11-13H2,1-2H3/q+1. The number of hydrogen-bond donors (Lipinski definition) is 0. The molecule has 1 aliphatic rings. The quantitative estimate of drug-likeness (QED) is 0.562. The number of likely N-dealkylation sites (tertiary alicyclic amines) is 1. The second-order valence-corrected chi connectivity index (χ2v) is 5.43. The molecule has 0 spiro atoms. The van der Waals surface area contributed by atoms with E-state index in [9.17, 15) is 0 Å². The fraction of sp³-hybridized carbons (Fsp3) is 0.600. The van der Waals surface area contributed by atoms with Crippen molar-refractivity contribution in [2.45, 2.75) is 32.2 Å². The number of ether oxygens (including phenoxy) is 1. The van der Waals surface area contributed by atoms with Gasteiger partial charge < -0.3 is 9.22 Å². The van der Waals surface area contributed by atoms with Gasteiger partial charge in [0.15, 0.2) is 0 Å². The Morgan fingerprint density at radius 1 is 1.29 bits per heavy atom. The first-order chi connectivity index (χ1) is 8.21. The molecule has 1 saturated heterocycles. The molecule has 0 radical (unpaired) electrons. The minimum absolute atomic E-state index is 0.826. The Hall–Kier alpha value is -1.02. The van der Waals surface area contributed by atoms with Gasteiger partial charge in [-0.15, -0.1) is 0 Å². The molecule has 94 valence electrons. The number of nitrogens with zero attached hydrogens (tertiary/aromatic N) is 1. The molecular weight excluding hydrogens is 210 g/mol. The summed E-state index contributed by atoms with van der Waals surface area (Å²) < 4.78 is 6.97. The van der Waals surface area contributed by atoms with Gasteiger partial charge in [-0.05, 0) is 19.1 Å². The first-order valence-corrected chi connectivity index (χ1v) is 6.73. The molecule has 0 saturated carbocycles. The van der Waals surface area contributed by atoms with Crippen LogP contribution in [-0.2, 0) is 0 Å². The summed E-state index contributed by atoms with van der Waals surface area (Å²) >= 11 is 0. The van der Waals surface area contributed by atoms with Crippen molar-refractivity contribution in [1.29, 1.82) is 0 Å². The summed E-state index contributed by atoms with van der Waals surface area (Å²) in [6.07, 6.45) is 3.92. The van der Waals surface area contributed by atoms with Crippen LogP contribution in [0.15, 0.2) is 30.3 Å². The number of para-hydroxylation sites is 1. The van der Waals surface area contributed by atoms with Gasteiger partial charge in [-0.3, -0.25) is 0 Å². The van der Waals surface area contributed by atoms with E-state index < -0.39 is 0 Å². The molecular formula is C15H24NO+. The van der Waals surface area contributed by atoms with E-state index in [4.69, 9.17) is 4.74 Å². The van der Waals surface area contributed by atoms with Crippen molar-refractivity contribution < 1.29 is 9.22 Å². The fourth-order valence-electron chi connectivity index (χ4n) is 2.74. The van der Waals surface area contributed by atoms with Gasteiger partial charge in [0.2, 0.25) is 0 Å². The highest BCUT2D eigenvalue weighted by atomic mass is 16.5. The van der Waals surface area contributed by atoms with Crippen molar-refractivity contribution in [2.24, 2.45) is 0 Å². The fourth-order valence-corrected chi connectivity index (χ4v) is 2.74. The lowest BCUT2D eigenvalue weighted by atomic mass is 10.2. The summed E-state index contributed by atoms with van der Waals surface area (Å²) in [4.78, 5) is 0. The van der Waals surface area contributed by atoms with Crippen LogP contribution in [0.4, 0.5) is 0 Å². The van der Waals surface area contributed by atoms with Gasteiger partial charge in [0.1, 0.15) is 5.75 Å². The molecule has 0 N–H and O–H groups in total. The SMILES string of the molecule is CC1CCC[N+]1(C)CCCOc1ccccc1. The molecule has 17 heavy (non-hydrogen) atoms. The maximum absolute atomic E-state index is 5.74. The van der Waals surface area contributed by atoms with E-state index in [0.717, 1.165) is 24.8 Å². The summed E-state index contributed by atoms with van der Waals surface area (Å²) in [5, 5.41) is 0. The highest BCUT2D eigenvalue weighted by Crippen LogP contribution is 2.24. The monoisotopic (exact) mass is 234 g/mol. The summed E-state index contributed by atoms with van der Waals surface area (Å²) in [5.41, 5.74) is 0. The molecule has 2 nitrogen and oxygen atoms in total. The van der Waals surface area contributed by atoms with Crippen LogP contribution in [0.5, 0.6) is 5.75 Å². The zero-order chi connectivity index (χ0) is 12.1. The van der Waals surface area contributed by atoms with Gasteiger partial charge in [-0.1, -0.05) is 18.2 Å². The number of benzene rings is 1. The largest absolute Gasteiger partial charge is 0.493 e. The van der Waals surface area contributed by atoms with Crippen molar-refractivity contribution >= 4 is 0 Å². The molecule has 0 amide bonds. The van der Waals surface area contributed by atoms with Gasteiger partial charge in [0.25, 0.3) is 0 Å². The van der Waals surface area contributed by atoms with E-state index in [-0.39, 0.29) is 0 Å². The van der Waals surface area contributed by atoms with Crippen LogP contribution < -0.4 is 4.74 Å². The zero-order valence-electron chi connectivity index (χ0n) is 11.1. The second kappa shape index (κ2) is 5.54. The Labute approximate surface area is 105 Å². The summed E-state index contributed by atoms with van der Waals surface area (Å²) in [7, 11) is 2.39. The predicted octanol–water partition coefficient (Wildman–Crippen LogP) is 3.08. The Bertz CT molecular complexity index is 338. The molecule has 0 aromatic heterocycles. The zero-order valence-corrected chi connectivity index (χ0v) is 11.1. The van der Waals surface area contributed by atoms with Crippen molar-refractivity contribution in [3.63, 3.8) is 0 Å². The molecule has 1 heterocycles. The van der Waals surface area contributed by atoms with E-state index in [1.54, 1.807) is 0 Å². The third kappa shape index (κ3) is 3.22. The minimum Gasteiger partial charge on any atom is -0.493 e. The van der Waals surface area contributed by atoms with E-state index in [2.05, 4.69) is 14.0 Å². The first kappa shape index (κ1) is 12.4. The molecule has 1 aromatic carbocycles. The topological polar surface area (TPSA) is 9.23 Å². The van der Waals surface area contributed by atoms with Crippen molar-refractivity contribution in [1.82, 2.24) is 0 Å². The number of hydrogen-bond acceptors (Lipinski definition) is 1. The highest BCUT2D eigenvalue weighted by molar-refractivity contribution is 5.20. The summed E-state index contributed by atoms with van der Waals surface area (Å²) in [5.74, 6) is 0.990. The summed E-state index contributed by atoms with van der Waals surface area (Å²) in [6.45, 7) is 5.80. The Kier molecular flexibility index (Phi) is 4.06. The van der Waals surface area contributed by atoms with Crippen LogP contribution in [0.25, 0.3) is 0 Å². The lowest BCUT2D eigenvalue weighted by molar-refractivity contribution is -0.919. The van der Waals surface area contributed by atoms with Crippen molar-refractivity contribution in [3.8, 4) is 5.75 Å². The maximum Gasteiger partial charge on any atom is 0.119 e. The van der Waals surface area contributed by atoms with Crippen molar-refractivity contribution in [3.05, 3.63) is 30.3 Å². The molecule has 2 rings (SSSR count). The Morgan fingerprint density at radius 3 is 2.71 bits per heavy atom. The van der Waals surface area contributed by atoms with Gasteiger partial charge >= 0.3 is 0 Å². The van der Waals surface area contributed by atoms with Gasteiger partial charge in [-0.25, -0.2) is 0 Å². The molecule has 1 aromatic rings. The lowest BCUT2D eigenvalue weighted by Gasteiger charge is -2.34. The molecule has 2 unspecified atom stereocenters. The minimum atomic E-state index is 0.826. The lowest BCUT2D eigenvalue weighted by Crippen LogP contribution is -2.47. The van der Waals surface area contributed by atoms with Crippen LogP contribution >= 0.6 is 0 Å². The van der Waals surface area contributed by atoms with E-state index in [1.807, 2.05) is 30.3 Å². The van der Waals surface area contributed by atoms with Crippen LogP contribution in [0.3, 0.4) is 0 Å². The Morgan fingerprint density at radius 2 is 2.06 bits per heavy atom. The van der Waals surface area contributed by atoms with E-state index in [1.165, 1.54) is 30.4 Å². The van der Waals surface area contributed by atoms with Gasteiger partial charge in [-0.2, -0.15) is 0 Å². The Balaban J connectivity index is 1.70. The van der Waals surface area contributed by atoms with Crippen molar-refractivity contribution in [2.75, 3.05) is 26.7 Å². The average molecular weight is 234 g/mol. The van der Waals surface area contributed by atoms with Gasteiger partial charge in [0.05, 0.1) is 32.8 Å². The molecule has 2 atom stereocenters. The third-order valence-corrected chi connectivity index (χ3v) is 4.18. The maximum atomic E-state index is 5.74. The van der Waals surface area contributed by atoms with E-state index in [0.29, 0.717) is 0 Å². The number of rotatable bonds is 5. The predicted molar refractivity (Wildman–Crippen MR) is 71.2 cm³/mol. The summed E-state index contributed by atoms with van der Waals surface area (Å²) in [6, 6.07) is 10.9. The molecule has 0 bridgehead atoms. The third-order valence-electron chi connectivity index (χ3n) is 4.18. The van der Waals surface area contributed by atoms with Crippen LogP contribution in [-0.4, -0.2) is 37.3 Å². The number of quaternary nitrogens is 1. The average Bonchev–Trinajstić information content (AvgIpc) is 2.67. The first-order valence-electron chi connectivity index (χ1n) is 6.73. The molecule has 1 aliphatic heterocycles.